The fraction of sp³-hybridized carbons (Fsp3) is 0.182. The second-order valence-electron chi connectivity index (χ2n) is 7.59. The van der Waals surface area contributed by atoms with Crippen LogP contribution in [0.1, 0.15) is 4.88 Å². The van der Waals surface area contributed by atoms with E-state index in [1.165, 1.54) is 7.05 Å². The van der Waals surface area contributed by atoms with Crippen LogP contribution in [0, 0.1) is 6.92 Å². The molecule has 0 saturated heterocycles. The highest BCUT2D eigenvalue weighted by molar-refractivity contribution is 7.89. The number of nitrogens with one attached hydrogen (secondary N) is 1. The fourth-order valence-corrected chi connectivity index (χ4v) is 5.48. The van der Waals surface area contributed by atoms with Gasteiger partial charge in [0, 0.05) is 30.2 Å². The minimum atomic E-state index is -3.62. The van der Waals surface area contributed by atoms with Crippen molar-refractivity contribution in [2.24, 2.45) is 14.1 Å². The van der Waals surface area contributed by atoms with Crippen molar-refractivity contribution in [3.8, 4) is 17.1 Å². The molecule has 8 nitrogen and oxygen atoms in total. The average Bonchev–Trinajstić information content (AvgIpc) is 3.44. The first-order valence-electron chi connectivity index (χ1n) is 9.89. The van der Waals surface area contributed by atoms with Gasteiger partial charge in [-0.3, -0.25) is 13.7 Å². The SMILES string of the molecule is CNS(=O)(=O)c1ccc2nc(-c3ccsc3C)n(-c3ccc4c(c3)n(C)c(=O)n4C)c2c1. The van der Waals surface area contributed by atoms with Crippen LogP contribution < -0.4 is 10.4 Å². The van der Waals surface area contributed by atoms with Gasteiger partial charge in [0.1, 0.15) is 5.82 Å². The third kappa shape index (κ3) is 2.94. The van der Waals surface area contributed by atoms with E-state index in [1.54, 1.807) is 52.8 Å². The van der Waals surface area contributed by atoms with Gasteiger partial charge in [-0.15, -0.1) is 11.3 Å². The molecule has 0 fully saturated rings. The van der Waals surface area contributed by atoms with Crippen molar-refractivity contribution in [2.45, 2.75) is 11.8 Å². The Balaban J connectivity index is 1.88. The maximum Gasteiger partial charge on any atom is 0.328 e. The molecule has 0 bridgehead atoms. The lowest BCUT2D eigenvalue weighted by molar-refractivity contribution is 0.588. The first-order valence-corrected chi connectivity index (χ1v) is 12.3. The van der Waals surface area contributed by atoms with E-state index in [2.05, 4.69) is 4.72 Å². The van der Waals surface area contributed by atoms with Gasteiger partial charge in [-0.1, -0.05) is 0 Å². The predicted octanol–water partition coefficient (Wildman–Crippen LogP) is 3.16. The van der Waals surface area contributed by atoms with Gasteiger partial charge in [0.25, 0.3) is 0 Å². The lowest BCUT2D eigenvalue weighted by Crippen LogP contribution is -2.19. The van der Waals surface area contributed by atoms with E-state index in [4.69, 9.17) is 4.98 Å². The number of aryl methyl sites for hydroxylation is 3. The Morgan fingerprint density at radius 2 is 1.72 bits per heavy atom. The summed E-state index contributed by atoms with van der Waals surface area (Å²) in [6, 6.07) is 12.7. The number of imidazole rings is 2. The van der Waals surface area contributed by atoms with Crippen LogP contribution in [0.2, 0.25) is 0 Å². The molecule has 0 aliphatic carbocycles. The highest BCUT2D eigenvalue weighted by Crippen LogP contribution is 2.34. The number of rotatable bonds is 4. The molecule has 0 amide bonds. The summed E-state index contributed by atoms with van der Waals surface area (Å²) in [5.41, 5.74) is 4.61. The lowest BCUT2D eigenvalue weighted by atomic mass is 10.2. The van der Waals surface area contributed by atoms with Crippen LogP contribution in [0.4, 0.5) is 0 Å². The molecule has 164 valence electrons. The molecule has 0 radical (unpaired) electrons. The topological polar surface area (TPSA) is 90.9 Å². The molecule has 0 aliphatic rings. The van der Waals surface area contributed by atoms with E-state index in [0.717, 1.165) is 33.0 Å². The Hall–Kier alpha value is -3.21. The van der Waals surface area contributed by atoms with Crippen molar-refractivity contribution >= 4 is 43.4 Å². The Morgan fingerprint density at radius 1 is 0.969 bits per heavy atom. The number of thiophene rings is 1. The van der Waals surface area contributed by atoms with Crippen molar-refractivity contribution < 1.29 is 8.42 Å². The van der Waals surface area contributed by atoms with E-state index in [9.17, 15) is 13.2 Å². The van der Waals surface area contributed by atoms with E-state index < -0.39 is 10.0 Å². The summed E-state index contributed by atoms with van der Waals surface area (Å²) >= 11 is 1.63. The third-order valence-corrected chi connectivity index (χ3v) is 8.08. The molecule has 2 aromatic carbocycles. The summed E-state index contributed by atoms with van der Waals surface area (Å²) in [6.07, 6.45) is 0. The summed E-state index contributed by atoms with van der Waals surface area (Å²) in [5, 5.41) is 2.01. The van der Waals surface area contributed by atoms with Gasteiger partial charge in [0.05, 0.1) is 27.0 Å². The van der Waals surface area contributed by atoms with Crippen LogP contribution >= 0.6 is 11.3 Å². The summed E-state index contributed by atoms with van der Waals surface area (Å²) in [7, 11) is 1.25. The molecular weight excluding hydrogens is 446 g/mol. The normalized spacial score (nSPS) is 12.2. The van der Waals surface area contributed by atoms with Crippen LogP contribution in [0.3, 0.4) is 0 Å². The smallest absolute Gasteiger partial charge is 0.295 e. The van der Waals surface area contributed by atoms with Crippen LogP contribution in [-0.2, 0) is 24.1 Å². The van der Waals surface area contributed by atoms with Gasteiger partial charge in [-0.05, 0) is 61.8 Å². The number of sulfonamides is 1. The Labute approximate surface area is 188 Å². The highest BCUT2D eigenvalue weighted by Gasteiger charge is 2.20. The van der Waals surface area contributed by atoms with Crippen molar-refractivity contribution in [3.63, 3.8) is 0 Å². The van der Waals surface area contributed by atoms with Crippen molar-refractivity contribution in [3.05, 3.63) is 63.2 Å². The zero-order valence-corrected chi connectivity index (χ0v) is 19.6. The van der Waals surface area contributed by atoms with Gasteiger partial charge < -0.3 is 0 Å². The second-order valence-corrected chi connectivity index (χ2v) is 10.6. The third-order valence-electron chi connectivity index (χ3n) is 5.82. The number of fused-ring (bicyclic) bond motifs is 2. The summed E-state index contributed by atoms with van der Waals surface area (Å²) in [5.74, 6) is 0.720. The average molecular weight is 468 g/mol. The number of hydrogen-bond acceptors (Lipinski definition) is 5. The second kappa shape index (κ2) is 7.16. The summed E-state index contributed by atoms with van der Waals surface area (Å²) in [4.78, 5) is 18.5. The van der Waals surface area contributed by atoms with Crippen molar-refractivity contribution in [1.29, 1.82) is 0 Å². The number of hydrogen-bond donors (Lipinski definition) is 1. The summed E-state index contributed by atoms with van der Waals surface area (Å²) in [6.45, 7) is 2.03. The Morgan fingerprint density at radius 3 is 2.41 bits per heavy atom. The molecule has 3 aromatic heterocycles. The van der Waals surface area contributed by atoms with Crippen LogP contribution in [0.25, 0.3) is 39.1 Å². The molecule has 10 heteroatoms. The van der Waals surface area contributed by atoms with Crippen molar-refractivity contribution in [1.82, 2.24) is 23.4 Å². The molecular formula is C22H21N5O3S2. The quantitative estimate of drug-likeness (QED) is 0.440. The van der Waals surface area contributed by atoms with Gasteiger partial charge in [0.2, 0.25) is 10.0 Å². The lowest BCUT2D eigenvalue weighted by Gasteiger charge is -2.11. The molecule has 5 rings (SSSR count). The minimum absolute atomic E-state index is 0.107. The number of aromatic nitrogens is 4. The molecule has 0 atom stereocenters. The maximum absolute atomic E-state index is 12.5. The summed E-state index contributed by atoms with van der Waals surface area (Å²) < 4.78 is 32.5. The first-order chi connectivity index (χ1) is 15.2. The first kappa shape index (κ1) is 20.7. The van der Waals surface area contributed by atoms with Crippen LogP contribution in [0.5, 0.6) is 0 Å². The van der Waals surface area contributed by atoms with Crippen molar-refractivity contribution in [2.75, 3.05) is 7.05 Å². The number of nitrogens with zero attached hydrogens (tertiary/aromatic N) is 4. The standard InChI is InChI=1S/C22H21N5O3S2/c1-13-16(9-10-31-13)21-24-17-7-6-15(32(29,30)23-2)12-19(17)27(21)14-5-8-18-20(11-14)26(4)22(28)25(18)3/h5-12,23H,1-4H3. The molecule has 1 N–H and O–H groups in total. The minimum Gasteiger partial charge on any atom is -0.295 e. The van der Waals surface area contributed by atoms with E-state index in [1.807, 2.05) is 41.1 Å². The molecule has 5 aromatic rings. The molecule has 0 aliphatic heterocycles. The molecule has 0 spiro atoms. The van der Waals surface area contributed by atoms with E-state index in [-0.39, 0.29) is 10.6 Å². The van der Waals surface area contributed by atoms with Crippen LogP contribution in [0.15, 0.2) is 57.5 Å². The predicted molar refractivity (Wildman–Crippen MR) is 127 cm³/mol. The van der Waals surface area contributed by atoms with E-state index >= 15 is 0 Å². The number of benzene rings is 2. The fourth-order valence-electron chi connectivity index (χ4n) is 4.03. The Kier molecular flexibility index (Phi) is 4.63. The van der Waals surface area contributed by atoms with E-state index in [0.29, 0.717) is 11.0 Å². The zero-order chi connectivity index (χ0) is 22.8. The van der Waals surface area contributed by atoms with Gasteiger partial charge in [-0.25, -0.2) is 22.9 Å². The highest BCUT2D eigenvalue weighted by atomic mass is 32.2. The monoisotopic (exact) mass is 467 g/mol. The van der Waals surface area contributed by atoms with Gasteiger partial charge in [-0.2, -0.15) is 0 Å². The van der Waals surface area contributed by atoms with Gasteiger partial charge >= 0.3 is 5.69 Å². The Bertz CT molecular complexity index is 1690. The van der Waals surface area contributed by atoms with Crippen LogP contribution in [-0.4, -0.2) is 34.2 Å². The maximum atomic E-state index is 12.5. The molecule has 3 heterocycles. The molecule has 0 saturated carbocycles. The zero-order valence-electron chi connectivity index (χ0n) is 17.9. The largest absolute Gasteiger partial charge is 0.328 e. The van der Waals surface area contributed by atoms with Gasteiger partial charge in [0.15, 0.2) is 0 Å². The molecule has 0 unspecified atom stereocenters. The molecule has 32 heavy (non-hydrogen) atoms.